The molecular formula is C25H33N3O4S. The summed E-state index contributed by atoms with van der Waals surface area (Å²) in [6, 6.07) is 7.92. The highest BCUT2D eigenvalue weighted by molar-refractivity contribution is 7.89. The maximum Gasteiger partial charge on any atom is 0.248 e. The van der Waals surface area contributed by atoms with Crippen LogP contribution in [-0.2, 0) is 14.8 Å². The molecule has 1 aromatic heterocycles. The number of carbonyl (C=O) groups is 1. The van der Waals surface area contributed by atoms with E-state index in [9.17, 15) is 13.2 Å². The van der Waals surface area contributed by atoms with Crippen molar-refractivity contribution in [3.05, 3.63) is 46.8 Å². The van der Waals surface area contributed by atoms with E-state index in [0.717, 1.165) is 43.5 Å². The van der Waals surface area contributed by atoms with Gasteiger partial charge in [-0.3, -0.25) is 4.79 Å². The number of benzene rings is 1. The fourth-order valence-corrected chi connectivity index (χ4v) is 6.40. The van der Waals surface area contributed by atoms with Crippen LogP contribution >= 0.6 is 0 Å². The first-order valence-corrected chi connectivity index (χ1v) is 13.2. The molecule has 0 aliphatic carbocycles. The molecule has 178 valence electrons. The van der Waals surface area contributed by atoms with Crippen LogP contribution in [0.4, 0.5) is 0 Å². The molecule has 7 nitrogen and oxygen atoms in total. The Balaban J connectivity index is 1.52. The van der Waals surface area contributed by atoms with Gasteiger partial charge in [0.2, 0.25) is 15.9 Å². The summed E-state index contributed by atoms with van der Waals surface area (Å²) in [6.07, 6.45) is 6.88. The highest BCUT2D eigenvalue weighted by Gasteiger charge is 2.38. The molecule has 2 aliphatic heterocycles. The summed E-state index contributed by atoms with van der Waals surface area (Å²) in [5.74, 6) is 0.642. The number of aryl methyl sites for hydroxylation is 2. The van der Waals surface area contributed by atoms with Crippen LogP contribution < -0.4 is 0 Å². The molecular weight excluding hydrogens is 438 g/mol. The first-order chi connectivity index (χ1) is 15.8. The van der Waals surface area contributed by atoms with Gasteiger partial charge in [0.05, 0.1) is 5.92 Å². The second kappa shape index (κ2) is 9.81. The molecule has 1 unspecified atom stereocenters. The van der Waals surface area contributed by atoms with Gasteiger partial charge < -0.3 is 9.42 Å². The van der Waals surface area contributed by atoms with Gasteiger partial charge in [-0.2, -0.15) is 4.31 Å². The second-order valence-corrected chi connectivity index (χ2v) is 11.3. The van der Waals surface area contributed by atoms with Crippen LogP contribution in [-0.4, -0.2) is 54.9 Å². The minimum atomic E-state index is -3.84. The molecule has 2 saturated heterocycles. The fourth-order valence-electron chi connectivity index (χ4n) is 4.63. The molecule has 1 aromatic carbocycles. The molecule has 2 aliphatic rings. The van der Waals surface area contributed by atoms with Crippen molar-refractivity contribution >= 4 is 28.1 Å². The molecule has 0 bridgehead atoms. The SMILES string of the molecule is Cc1ccc(C=Cc2onc(C)c2S(=O)(=O)N2CCCC(C(=O)N3CCC(C)CC3)C2)cc1. The number of amides is 1. The zero-order valence-electron chi connectivity index (χ0n) is 19.7. The van der Waals surface area contributed by atoms with E-state index < -0.39 is 10.0 Å². The Kier molecular flexibility index (Phi) is 7.05. The normalized spacial score (nSPS) is 21.1. The minimum Gasteiger partial charge on any atom is -0.355 e. The van der Waals surface area contributed by atoms with Gasteiger partial charge in [0, 0.05) is 26.2 Å². The molecule has 0 N–H and O–H groups in total. The van der Waals surface area contributed by atoms with Crippen molar-refractivity contribution in [1.29, 1.82) is 0 Å². The zero-order valence-corrected chi connectivity index (χ0v) is 20.5. The van der Waals surface area contributed by atoms with Crippen LogP contribution in [0.3, 0.4) is 0 Å². The van der Waals surface area contributed by atoms with Crippen molar-refractivity contribution in [2.75, 3.05) is 26.2 Å². The smallest absolute Gasteiger partial charge is 0.248 e. The molecule has 3 heterocycles. The first kappa shape index (κ1) is 23.7. The van der Waals surface area contributed by atoms with Crippen LogP contribution in [0.15, 0.2) is 33.7 Å². The summed E-state index contributed by atoms with van der Waals surface area (Å²) < 4.78 is 34.0. The number of carbonyl (C=O) groups excluding carboxylic acids is 1. The van der Waals surface area contributed by atoms with Gasteiger partial charge in [-0.05, 0) is 57.1 Å². The Morgan fingerprint density at radius 2 is 1.76 bits per heavy atom. The molecule has 33 heavy (non-hydrogen) atoms. The van der Waals surface area contributed by atoms with Gasteiger partial charge in [0.25, 0.3) is 0 Å². The lowest BCUT2D eigenvalue weighted by Crippen LogP contribution is -2.48. The molecule has 4 rings (SSSR count). The molecule has 2 fully saturated rings. The number of nitrogens with zero attached hydrogens (tertiary/aromatic N) is 3. The van der Waals surface area contributed by atoms with Crippen LogP contribution in [0.5, 0.6) is 0 Å². The Morgan fingerprint density at radius 3 is 2.45 bits per heavy atom. The van der Waals surface area contributed by atoms with E-state index in [1.165, 1.54) is 4.31 Å². The summed E-state index contributed by atoms with van der Waals surface area (Å²) in [7, 11) is -3.84. The quantitative estimate of drug-likeness (QED) is 0.655. The Labute approximate surface area is 196 Å². The third-order valence-electron chi connectivity index (χ3n) is 6.76. The highest BCUT2D eigenvalue weighted by Crippen LogP contribution is 2.30. The molecule has 1 atom stereocenters. The standard InChI is InChI=1S/C25H33N3O4S/c1-18-6-8-21(9-7-18)10-11-23-24(20(3)26-32-23)33(30,31)28-14-4-5-22(17-28)25(29)27-15-12-19(2)13-16-27/h6-11,19,22H,4-5,12-17H2,1-3H3. The highest BCUT2D eigenvalue weighted by atomic mass is 32.2. The van der Waals surface area contributed by atoms with E-state index >= 15 is 0 Å². The number of rotatable bonds is 5. The van der Waals surface area contributed by atoms with Gasteiger partial charge in [0.15, 0.2) is 10.7 Å². The predicted octanol–water partition coefficient (Wildman–Crippen LogP) is 4.12. The van der Waals surface area contributed by atoms with Crippen LogP contribution in [0.1, 0.15) is 55.2 Å². The number of likely N-dealkylation sites (tertiary alicyclic amines) is 1. The van der Waals surface area contributed by atoms with Crippen molar-refractivity contribution in [2.45, 2.75) is 51.3 Å². The number of hydrogen-bond donors (Lipinski definition) is 0. The van der Waals surface area contributed by atoms with Gasteiger partial charge in [0.1, 0.15) is 5.69 Å². The number of piperidine rings is 2. The largest absolute Gasteiger partial charge is 0.355 e. The van der Waals surface area contributed by atoms with Crippen molar-refractivity contribution in [1.82, 2.24) is 14.4 Å². The second-order valence-electron chi connectivity index (χ2n) is 9.42. The Morgan fingerprint density at radius 1 is 1.06 bits per heavy atom. The number of aromatic nitrogens is 1. The third kappa shape index (κ3) is 5.22. The van der Waals surface area contributed by atoms with Crippen molar-refractivity contribution < 1.29 is 17.7 Å². The van der Waals surface area contributed by atoms with E-state index in [1.807, 2.05) is 42.2 Å². The summed E-state index contributed by atoms with van der Waals surface area (Å²) in [5.41, 5.74) is 2.42. The monoisotopic (exact) mass is 471 g/mol. The molecule has 2 aromatic rings. The minimum absolute atomic E-state index is 0.0864. The van der Waals surface area contributed by atoms with E-state index in [2.05, 4.69) is 12.1 Å². The van der Waals surface area contributed by atoms with Gasteiger partial charge in [-0.25, -0.2) is 8.42 Å². The average Bonchev–Trinajstić information content (AvgIpc) is 3.20. The lowest BCUT2D eigenvalue weighted by molar-refractivity contribution is -0.138. The third-order valence-corrected chi connectivity index (χ3v) is 8.79. The van der Waals surface area contributed by atoms with Gasteiger partial charge in [-0.1, -0.05) is 48.0 Å². The summed E-state index contributed by atoms with van der Waals surface area (Å²) in [4.78, 5) is 15.1. The average molecular weight is 472 g/mol. The van der Waals surface area contributed by atoms with E-state index in [-0.39, 0.29) is 29.0 Å². The van der Waals surface area contributed by atoms with Crippen molar-refractivity contribution in [2.24, 2.45) is 11.8 Å². The Bertz CT molecular complexity index is 1110. The number of sulfonamides is 1. The van der Waals surface area contributed by atoms with Crippen molar-refractivity contribution in [3.8, 4) is 0 Å². The fraction of sp³-hybridized carbons (Fsp3) is 0.520. The summed E-state index contributed by atoms with van der Waals surface area (Å²) in [5, 5.41) is 3.93. The summed E-state index contributed by atoms with van der Waals surface area (Å²) in [6.45, 7) is 8.00. The molecule has 0 spiro atoms. The van der Waals surface area contributed by atoms with Crippen molar-refractivity contribution in [3.63, 3.8) is 0 Å². The first-order valence-electron chi connectivity index (χ1n) is 11.8. The molecule has 1 amide bonds. The van der Waals surface area contributed by atoms with E-state index in [0.29, 0.717) is 24.6 Å². The molecule has 0 radical (unpaired) electrons. The lowest BCUT2D eigenvalue weighted by Gasteiger charge is -2.36. The summed E-state index contributed by atoms with van der Waals surface area (Å²) >= 11 is 0. The zero-order chi connectivity index (χ0) is 23.6. The predicted molar refractivity (Wildman–Crippen MR) is 128 cm³/mol. The lowest BCUT2D eigenvalue weighted by atomic mass is 9.94. The van der Waals surface area contributed by atoms with Gasteiger partial charge in [-0.15, -0.1) is 0 Å². The Hall–Kier alpha value is -2.45. The van der Waals surface area contributed by atoms with Crippen LogP contribution in [0.2, 0.25) is 0 Å². The molecule has 8 heteroatoms. The van der Waals surface area contributed by atoms with E-state index in [1.54, 1.807) is 13.0 Å². The van der Waals surface area contributed by atoms with Gasteiger partial charge >= 0.3 is 0 Å². The topological polar surface area (TPSA) is 83.7 Å². The van der Waals surface area contributed by atoms with Crippen LogP contribution in [0, 0.1) is 25.7 Å². The maximum absolute atomic E-state index is 13.6. The van der Waals surface area contributed by atoms with E-state index in [4.69, 9.17) is 4.52 Å². The maximum atomic E-state index is 13.6. The molecule has 0 saturated carbocycles. The van der Waals surface area contributed by atoms with Crippen LogP contribution in [0.25, 0.3) is 12.2 Å². The number of hydrogen-bond acceptors (Lipinski definition) is 5.